The Labute approximate surface area is 113 Å². The lowest BCUT2D eigenvalue weighted by Crippen LogP contribution is -2.20. The molecule has 1 rings (SSSR count). The molecule has 20 heavy (non-hydrogen) atoms. The molecule has 1 aromatic rings. The van der Waals surface area contributed by atoms with Crippen LogP contribution < -0.4 is 4.74 Å². The number of carbonyl (C=O) groups is 1. The molecule has 0 amide bonds. The number of hydrogen-bond donors (Lipinski definition) is 0. The maximum atomic E-state index is 12.3. The summed E-state index contributed by atoms with van der Waals surface area (Å²) < 4.78 is 45.5. The lowest BCUT2D eigenvalue weighted by Gasteiger charge is -2.14. The van der Waals surface area contributed by atoms with Crippen LogP contribution in [0, 0.1) is 11.3 Å². The third kappa shape index (κ3) is 3.88. The van der Waals surface area contributed by atoms with Crippen LogP contribution in [0.3, 0.4) is 0 Å². The Morgan fingerprint density at radius 3 is 2.45 bits per heavy atom. The third-order valence-electron chi connectivity index (χ3n) is 2.43. The van der Waals surface area contributed by atoms with Gasteiger partial charge in [-0.05, 0) is 31.0 Å². The van der Waals surface area contributed by atoms with Crippen molar-refractivity contribution in [3.63, 3.8) is 0 Å². The van der Waals surface area contributed by atoms with Gasteiger partial charge in [0.25, 0.3) is 0 Å². The van der Waals surface area contributed by atoms with Gasteiger partial charge in [-0.15, -0.1) is 13.2 Å². The lowest BCUT2D eigenvalue weighted by atomic mass is 10.0. The van der Waals surface area contributed by atoms with E-state index in [-0.39, 0.29) is 12.2 Å². The van der Waals surface area contributed by atoms with Crippen LogP contribution in [-0.4, -0.2) is 18.9 Å². The van der Waals surface area contributed by atoms with Gasteiger partial charge in [0.15, 0.2) is 0 Å². The van der Waals surface area contributed by atoms with E-state index in [1.54, 1.807) is 6.92 Å². The molecule has 7 heteroatoms. The fourth-order valence-electron chi connectivity index (χ4n) is 1.60. The van der Waals surface area contributed by atoms with Crippen molar-refractivity contribution in [2.24, 2.45) is 0 Å². The number of esters is 1. The van der Waals surface area contributed by atoms with Crippen molar-refractivity contribution in [1.82, 2.24) is 0 Å². The molecule has 0 atom stereocenters. The monoisotopic (exact) mass is 287 g/mol. The molecule has 108 valence electrons. The van der Waals surface area contributed by atoms with Crippen LogP contribution in [0.5, 0.6) is 5.75 Å². The Kier molecular flexibility index (Phi) is 4.97. The molecule has 0 unspecified atom stereocenters. The van der Waals surface area contributed by atoms with Crippen molar-refractivity contribution in [2.75, 3.05) is 6.61 Å². The van der Waals surface area contributed by atoms with E-state index in [1.165, 1.54) is 6.92 Å². The van der Waals surface area contributed by atoms with Gasteiger partial charge in [-0.3, -0.25) is 0 Å². The maximum absolute atomic E-state index is 12.3. The first kappa shape index (κ1) is 15.8. The number of nitriles is 1. The molecule has 1 aromatic carbocycles. The molecular formula is C13H12F3NO3. The number of carbonyl (C=O) groups excluding carboxylic acids is 1. The molecule has 0 radical (unpaired) electrons. The van der Waals surface area contributed by atoms with Crippen LogP contribution in [0.2, 0.25) is 0 Å². The van der Waals surface area contributed by atoms with E-state index in [0.29, 0.717) is 12.0 Å². The Bertz CT molecular complexity index is 547. The predicted octanol–water partition coefficient (Wildman–Crippen LogP) is 3.20. The van der Waals surface area contributed by atoms with E-state index in [2.05, 4.69) is 9.47 Å². The smallest absolute Gasteiger partial charge is 0.462 e. The zero-order valence-electron chi connectivity index (χ0n) is 10.9. The highest BCUT2D eigenvalue weighted by molar-refractivity contribution is 5.93. The highest BCUT2D eigenvalue weighted by Crippen LogP contribution is 2.30. The third-order valence-corrected chi connectivity index (χ3v) is 2.43. The summed E-state index contributed by atoms with van der Waals surface area (Å²) in [4.78, 5) is 11.6. The van der Waals surface area contributed by atoms with Crippen molar-refractivity contribution in [2.45, 2.75) is 26.6 Å². The highest BCUT2D eigenvalue weighted by Gasteiger charge is 2.33. The summed E-state index contributed by atoms with van der Waals surface area (Å²) >= 11 is 0. The Morgan fingerprint density at radius 1 is 1.35 bits per heavy atom. The van der Waals surface area contributed by atoms with Crippen molar-refractivity contribution in [3.05, 3.63) is 28.8 Å². The topological polar surface area (TPSA) is 59.3 Å². The minimum absolute atomic E-state index is 0.00169. The number of nitrogens with zero attached hydrogens (tertiary/aromatic N) is 1. The van der Waals surface area contributed by atoms with Crippen molar-refractivity contribution in [3.8, 4) is 11.8 Å². The van der Waals surface area contributed by atoms with Gasteiger partial charge in [-0.1, -0.05) is 6.92 Å². The van der Waals surface area contributed by atoms with Gasteiger partial charge >= 0.3 is 12.3 Å². The summed E-state index contributed by atoms with van der Waals surface area (Å²) in [6, 6.07) is 3.92. The first-order valence-electron chi connectivity index (χ1n) is 5.82. The molecular weight excluding hydrogens is 275 g/mol. The lowest BCUT2D eigenvalue weighted by molar-refractivity contribution is -0.274. The number of alkyl halides is 3. The summed E-state index contributed by atoms with van der Waals surface area (Å²) in [6.07, 6.45) is -4.60. The van der Waals surface area contributed by atoms with Gasteiger partial charge in [0.1, 0.15) is 11.3 Å². The first-order valence-corrected chi connectivity index (χ1v) is 5.82. The maximum Gasteiger partial charge on any atom is 0.573 e. The average Bonchev–Trinajstić information content (AvgIpc) is 2.36. The summed E-state index contributed by atoms with van der Waals surface area (Å²) in [5, 5.41) is 8.94. The van der Waals surface area contributed by atoms with E-state index in [1.807, 2.05) is 6.07 Å². The van der Waals surface area contributed by atoms with Crippen LogP contribution in [0.4, 0.5) is 13.2 Å². The van der Waals surface area contributed by atoms with Gasteiger partial charge in [-0.2, -0.15) is 5.26 Å². The molecule has 0 saturated heterocycles. The quantitative estimate of drug-likeness (QED) is 0.798. The summed E-state index contributed by atoms with van der Waals surface area (Å²) in [6.45, 7) is 3.20. The minimum Gasteiger partial charge on any atom is -0.462 e. The van der Waals surface area contributed by atoms with Crippen molar-refractivity contribution < 1.29 is 27.4 Å². The highest BCUT2D eigenvalue weighted by atomic mass is 19.4. The van der Waals surface area contributed by atoms with Crippen LogP contribution in [0.25, 0.3) is 0 Å². The van der Waals surface area contributed by atoms with Gasteiger partial charge in [-0.25, -0.2) is 4.79 Å². The van der Waals surface area contributed by atoms with E-state index in [0.717, 1.165) is 12.1 Å². The van der Waals surface area contributed by atoms with Crippen LogP contribution >= 0.6 is 0 Å². The Balaban J connectivity index is 3.37. The predicted molar refractivity (Wildman–Crippen MR) is 63.2 cm³/mol. The summed E-state index contributed by atoms with van der Waals surface area (Å²) in [7, 11) is 0. The molecule has 0 aliphatic heterocycles. The number of ether oxygens (including phenoxy) is 2. The minimum atomic E-state index is -4.93. The van der Waals surface area contributed by atoms with E-state index < -0.39 is 23.6 Å². The number of aryl methyl sites for hydroxylation is 1. The van der Waals surface area contributed by atoms with E-state index in [9.17, 15) is 18.0 Å². The fourth-order valence-corrected chi connectivity index (χ4v) is 1.60. The molecule has 0 saturated carbocycles. The van der Waals surface area contributed by atoms with Crippen molar-refractivity contribution in [1.29, 1.82) is 5.26 Å². The van der Waals surface area contributed by atoms with Crippen LogP contribution in [-0.2, 0) is 11.2 Å². The first-order chi connectivity index (χ1) is 9.32. The number of benzene rings is 1. The van der Waals surface area contributed by atoms with Gasteiger partial charge in [0, 0.05) is 0 Å². The molecule has 0 heterocycles. The molecule has 0 spiro atoms. The number of hydrogen-bond acceptors (Lipinski definition) is 4. The second kappa shape index (κ2) is 6.28. The van der Waals surface area contributed by atoms with Gasteiger partial charge in [0.2, 0.25) is 0 Å². The fraction of sp³-hybridized carbons (Fsp3) is 0.385. The van der Waals surface area contributed by atoms with E-state index in [4.69, 9.17) is 5.26 Å². The Morgan fingerprint density at radius 2 is 2.00 bits per heavy atom. The standard InChI is InChI=1S/C13H12F3NO3/c1-3-8-6-11(20-13(14,15)16)10(5-9(8)7-17)12(18)19-4-2/h5-6H,3-4H2,1-2H3. The van der Waals surface area contributed by atoms with Gasteiger partial charge in [0.05, 0.1) is 18.2 Å². The molecule has 0 aliphatic rings. The van der Waals surface area contributed by atoms with Crippen molar-refractivity contribution >= 4 is 5.97 Å². The SMILES string of the molecule is CCOC(=O)c1cc(C#N)c(CC)cc1OC(F)(F)F. The molecule has 0 bridgehead atoms. The second-order valence-corrected chi connectivity index (χ2v) is 3.74. The average molecular weight is 287 g/mol. The molecule has 0 fully saturated rings. The summed E-state index contributed by atoms with van der Waals surface area (Å²) in [5.41, 5.74) is 0.0581. The normalized spacial score (nSPS) is 10.8. The number of rotatable bonds is 4. The molecule has 0 N–H and O–H groups in total. The largest absolute Gasteiger partial charge is 0.573 e. The zero-order chi connectivity index (χ0) is 15.3. The molecule has 0 aromatic heterocycles. The van der Waals surface area contributed by atoms with Crippen LogP contribution in [0.15, 0.2) is 12.1 Å². The molecule has 4 nitrogen and oxygen atoms in total. The van der Waals surface area contributed by atoms with E-state index >= 15 is 0 Å². The zero-order valence-corrected chi connectivity index (χ0v) is 10.9. The van der Waals surface area contributed by atoms with Crippen LogP contribution in [0.1, 0.15) is 35.3 Å². The summed E-state index contributed by atoms with van der Waals surface area (Å²) in [5.74, 6) is -1.63. The molecule has 0 aliphatic carbocycles. The number of halogens is 3. The van der Waals surface area contributed by atoms with Gasteiger partial charge < -0.3 is 9.47 Å². The Hall–Kier alpha value is -2.23. The second-order valence-electron chi connectivity index (χ2n) is 3.74.